The summed E-state index contributed by atoms with van der Waals surface area (Å²) in [7, 11) is 0. The molecule has 0 aliphatic heterocycles. The van der Waals surface area contributed by atoms with Crippen molar-refractivity contribution >= 4 is 16.9 Å². The molecule has 0 atom stereocenters. The highest BCUT2D eigenvalue weighted by Gasteiger charge is 2.08. The molecule has 102 valence electrons. The second kappa shape index (κ2) is 5.28. The number of hydrogen-bond donors (Lipinski definition) is 1. The first-order chi connectivity index (χ1) is 9.78. The maximum absolute atomic E-state index is 13.0. The van der Waals surface area contributed by atoms with Gasteiger partial charge in [0.25, 0.3) is 0 Å². The summed E-state index contributed by atoms with van der Waals surface area (Å²) in [4.78, 5) is 8.38. The lowest BCUT2D eigenvalue weighted by molar-refractivity contribution is 0.584. The molecular formula is C15H15FN4. The number of benzene rings is 1. The topological polar surface area (TPSA) is 42.7 Å². The maximum atomic E-state index is 13.0. The zero-order chi connectivity index (χ0) is 13.9. The van der Waals surface area contributed by atoms with E-state index in [1.54, 1.807) is 12.1 Å². The molecule has 0 aliphatic carbocycles. The number of nitrogens with zero attached hydrogens (tertiary/aromatic N) is 3. The molecule has 0 aliphatic rings. The van der Waals surface area contributed by atoms with E-state index in [0.717, 1.165) is 23.4 Å². The molecule has 3 aromatic rings. The molecule has 0 saturated heterocycles. The van der Waals surface area contributed by atoms with Gasteiger partial charge in [0.2, 0.25) is 5.95 Å². The first-order valence-corrected chi connectivity index (χ1v) is 6.58. The van der Waals surface area contributed by atoms with Gasteiger partial charge in [0.1, 0.15) is 11.6 Å². The van der Waals surface area contributed by atoms with Crippen molar-refractivity contribution in [2.75, 3.05) is 5.32 Å². The van der Waals surface area contributed by atoms with Crippen LogP contribution >= 0.6 is 0 Å². The van der Waals surface area contributed by atoms with Crippen molar-refractivity contribution in [1.82, 2.24) is 14.5 Å². The van der Waals surface area contributed by atoms with Gasteiger partial charge in [-0.15, -0.1) is 0 Å². The molecule has 5 heteroatoms. The van der Waals surface area contributed by atoms with Crippen LogP contribution in [0.2, 0.25) is 0 Å². The van der Waals surface area contributed by atoms with Gasteiger partial charge in [-0.3, -0.25) is 0 Å². The Bertz CT molecular complexity index is 736. The molecular weight excluding hydrogens is 255 g/mol. The normalized spacial score (nSPS) is 10.9. The molecule has 1 N–H and O–H groups in total. The minimum atomic E-state index is -0.487. The van der Waals surface area contributed by atoms with Gasteiger partial charge in [0, 0.05) is 6.54 Å². The van der Waals surface area contributed by atoms with E-state index < -0.39 is 5.95 Å². The zero-order valence-electron chi connectivity index (χ0n) is 11.2. The SMILES string of the molecule is CCn1c(CNc2cccc(F)n2)nc2ccccc21. The molecule has 20 heavy (non-hydrogen) atoms. The Balaban J connectivity index is 1.87. The van der Waals surface area contributed by atoms with Crippen molar-refractivity contribution in [2.45, 2.75) is 20.0 Å². The summed E-state index contributed by atoms with van der Waals surface area (Å²) >= 11 is 0. The van der Waals surface area contributed by atoms with E-state index >= 15 is 0 Å². The van der Waals surface area contributed by atoms with E-state index in [2.05, 4.69) is 32.8 Å². The van der Waals surface area contributed by atoms with Crippen LogP contribution < -0.4 is 5.32 Å². The molecule has 0 bridgehead atoms. The Hall–Kier alpha value is -2.43. The number of pyridine rings is 1. The average molecular weight is 270 g/mol. The Morgan fingerprint density at radius 3 is 2.75 bits per heavy atom. The van der Waals surface area contributed by atoms with Gasteiger partial charge < -0.3 is 9.88 Å². The Morgan fingerprint density at radius 2 is 1.95 bits per heavy atom. The van der Waals surface area contributed by atoms with E-state index in [1.807, 2.05) is 18.2 Å². The smallest absolute Gasteiger partial charge is 0.214 e. The number of hydrogen-bond acceptors (Lipinski definition) is 3. The van der Waals surface area contributed by atoms with Crippen LogP contribution in [0.25, 0.3) is 11.0 Å². The predicted octanol–water partition coefficient (Wildman–Crippen LogP) is 3.20. The molecule has 2 heterocycles. The molecule has 2 aromatic heterocycles. The third-order valence-electron chi connectivity index (χ3n) is 3.19. The van der Waals surface area contributed by atoms with Crippen molar-refractivity contribution in [3.63, 3.8) is 0 Å². The summed E-state index contributed by atoms with van der Waals surface area (Å²) in [5.74, 6) is 0.943. The summed E-state index contributed by atoms with van der Waals surface area (Å²) < 4.78 is 15.2. The fourth-order valence-electron chi connectivity index (χ4n) is 2.29. The van der Waals surface area contributed by atoms with Crippen LogP contribution in [-0.2, 0) is 13.1 Å². The first kappa shape index (κ1) is 12.6. The van der Waals surface area contributed by atoms with Gasteiger partial charge in [-0.25, -0.2) is 9.97 Å². The Morgan fingerprint density at radius 1 is 1.10 bits per heavy atom. The van der Waals surface area contributed by atoms with Crippen LogP contribution in [-0.4, -0.2) is 14.5 Å². The second-order valence-corrected chi connectivity index (χ2v) is 4.46. The number of imidazole rings is 1. The standard InChI is InChI=1S/C15H15FN4/c1-2-20-12-7-4-3-6-11(12)18-15(20)10-17-14-9-5-8-13(16)19-14/h3-9H,2,10H2,1H3,(H,17,19). The minimum Gasteiger partial charge on any atom is -0.363 e. The van der Waals surface area contributed by atoms with Gasteiger partial charge in [0.05, 0.1) is 17.6 Å². The van der Waals surface area contributed by atoms with E-state index in [0.29, 0.717) is 12.4 Å². The quantitative estimate of drug-likeness (QED) is 0.740. The average Bonchev–Trinajstić information content (AvgIpc) is 2.82. The van der Waals surface area contributed by atoms with Crippen LogP contribution in [0.1, 0.15) is 12.7 Å². The van der Waals surface area contributed by atoms with E-state index in [4.69, 9.17) is 0 Å². The number of aryl methyl sites for hydroxylation is 1. The van der Waals surface area contributed by atoms with Crippen molar-refractivity contribution in [1.29, 1.82) is 0 Å². The maximum Gasteiger partial charge on any atom is 0.214 e. The summed E-state index contributed by atoms with van der Waals surface area (Å²) in [5.41, 5.74) is 2.08. The van der Waals surface area contributed by atoms with E-state index in [9.17, 15) is 4.39 Å². The lowest BCUT2D eigenvalue weighted by atomic mass is 10.3. The largest absolute Gasteiger partial charge is 0.363 e. The van der Waals surface area contributed by atoms with E-state index in [1.165, 1.54) is 6.07 Å². The first-order valence-electron chi connectivity index (χ1n) is 6.58. The zero-order valence-corrected chi connectivity index (χ0v) is 11.2. The van der Waals surface area contributed by atoms with Crippen LogP contribution in [0.4, 0.5) is 10.2 Å². The van der Waals surface area contributed by atoms with Crippen molar-refractivity contribution in [2.24, 2.45) is 0 Å². The third-order valence-corrected chi connectivity index (χ3v) is 3.19. The second-order valence-electron chi connectivity index (χ2n) is 4.46. The fourth-order valence-corrected chi connectivity index (χ4v) is 2.29. The van der Waals surface area contributed by atoms with Gasteiger partial charge in [0.15, 0.2) is 0 Å². The minimum absolute atomic E-state index is 0.487. The van der Waals surface area contributed by atoms with Gasteiger partial charge in [-0.1, -0.05) is 18.2 Å². The number of halogens is 1. The molecule has 0 spiro atoms. The van der Waals surface area contributed by atoms with Crippen molar-refractivity contribution in [3.8, 4) is 0 Å². The highest BCUT2D eigenvalue weighted by molar-refractivity contribution is 5.75. The number of fused-ring (bicyclic) bond motifs is 1. The summed E-state index contributed by atoms with van der Waals surface area (Å²) in [6.07, 6.45) is 0. The lowest BCUT2D eigenvalue weighted by Crippen LogP contribution is -2.09. The van der Waals surface area contributed by atoms with Gasteiger partial charge in [-0.05, 0) is 31.2 Å². The Kier molecular flexibility index (Phi) is 3.33. The molecule has 0 saturated carbocycles. The lowest BCUT2D eigenvalue weighted by Gasteiger charge is -2.08. The fraction of sp³-hybridized carbons (Fsp3) is 0.200. The van der Waals surface area contributed by atoms with Gasteiger partial charge >= 0.3 is 0 Å². The molecule has 3 rings (SSSR count). The summed E-state index contributed by atoms with van der Waals surface area (Å²) in [5, 5.41) is 3.10. The molecule has 0 unspecified atom stereocenters. The third kappa shape index (κ3) is 2.34. The predicted molar refractivity (Wildman–Crippen MR) is 76.9 cm³/mol. The summed E-state index contributed by atoms with van der Waals surface area (Å²) in [6, 6.07) is 12.7. The number of anilines is 1. The summed E-state index contributed by atoms with van der Waals surface area (Å²) in [6.45, 7) is 3.44. The van der Waals surface area contributed by atoms with Crippen LogP contribution in [0, 0.1) is 5.95 Å². The number of para-hydroxylation sites is 2. The molecule has 4 nitrogen and oxygen atoms in total. The molecule has 1 aromatic carbocycles. The van der Waals surface area contributed by atoms with Crippen LogP contribution in [0.3, 0.4) is 0 Å². The van der Waals surface area contributed by atoms with Crippen LogP contribution in [0.5, 0.6) is 0 Å². The Labute approximate surface area is 116 Å². The van der Waals surface area contributed by atoms with Crippen LogP contribution in [0.15, 0.2) is 42.5 Å². The number of rotatable bonds is 4. The number of nitrogens with one attached hydrogen (secondary N) is 1. The molecule has 0 amide bonds. The molecule has 0 fully saturated rings. The number of aromatic nitrogens is 3. The highest BCUT2D eigenvalue weighted by atomic mass is 19.1. The van der Waals surface area contributed by atoms with Gasteiger partial charge in [-0.2, -0.15) is 4.39 Å². The van der Waals surface area contributed by atoms with E-state index in [-0.39, 0.29) is 0 Å². The monoisotopic (exact) mass is 270 g/mol. The molecule has 0 radical (unpaired) electrons. The van der Waals surface area contributed by atoms with Crippen molar-refractivity contribution < 1.29 is 4.39 Å². The van der Waals surface area contributed by atoms with Crippen molar-refractivity contribution in [3.05, 3.63) is 54.2 Å². The highest BCUT2D eigenvalue weighted by Crippen LogP contribution is 2.16.